The minimum Gasteiger partial charge on any atom is -0.506 e. The van der Waals surface area contributed by atoms with E-state index in [1.165, 1.54) is 12.1 Å². The maximum atomic E-state index is 12.2. The fourth-order valence-electron chi connectivity index (χ4n) is 1.88. The number of phenolic OH excluding ortho intramolecular Hbond substituents is 1. The summed E-state index contributed by atoms with van der Waals surface area (Å²) in [7, 11) is 0. The van der Waals surface area contributed by atoms with Crippen LogP contribution in [0.4, 0.5) is 0 Å². The van der Waals surface area contributed by atoms with Crippen LogP contribution < -0.4 is 5.32 Å². The molecule has 6 nitrogen and oxygen atoms in total. The van der Waals surface area contributed by atoms with E-state index in [4.69, 9.17) is 4.74 Å². The summed E-state index contributed by atoms with van der Waals surface area (Å²) in [6, 6.07) is 6.34. The van der Waals surface area contributed by atoms with Crippen LogP contribution in [0.2, 0.25) is 0 Å². The summed E-state index contributed by atoms with van der Waals surface area (Å²) < 4.78 is 4.89. The molecule has 0 aliphatic rings. The van der Waals surface area contributed by atoms with E-state index in [1.54, 1.807) is 25.3 Å². The number of amides is 1. The molecule has 0 bridgehead atoms. The molecular weight excluding hydrogens is 284 g/mol. The number of rotatable bonds is 5. The number of ether oxygens (including phenoxy) is 1. The monoisotopic (exact) mass is 300 g/mol. The summed E-state index contributed by atoms with van der Waals surface area (Å²) in [5, 5.41) is 12.9. The van der Waals surface area contributed by atoms with Crippen LogP contribution in [0.1, 0.15) is 17.3 Å². The maximum Gasteiger partial charge on any atom is 0.333 e. The summed E-state index contributed by atoms with van der Waals surface area (Å²) in [5.74, 6) is -0.805. The number of esters is 1. The van der Waals surface area contributed by atoms with Gasteiger partial charge in [0.05, 0.1) is 6.54 Å². The number of fused-ring (bicyclic) bond motifs is 1. The van der Waals surface area contributed by atoms with E-state index in [0.717, 1.165) is 0 Å². The van der Waals surface area contributed by atoms with E-state index in [9.17, 15) is 14.7 Å². The van der Waals surface area contributed by atoms with Crippen LogP contribution in [0.25, 0.3) is 10.9 Å². The molecule has 1 amide bonds. The lowest BCUT2D eigenvalue weighted by molar-refractivity contribution is -0.138. The van der Waals surface area contributed by atoms with Gasteiger partial charge in [-0.1, -0.05) is 12.6 Å². The fourth-order valence-corrected chi connectivity index (χ4v) is 1.88. The quantitative estimate of drug-likeness (QED) is 0.499. The number of carbonyl (C=O) groups is 2. The molecule has 0 unspecified atom stereocenters. The van der Waals surface area contributed by atoms with Gasteiger partial charge in [0.1, 0.15) is 17.9 Å². The Balaban J connectivity index is 2.03. The number of aromatic hydroxyl groups is 1. The van der Waals surface area contributed by atoms with Gasteiger partial charge in [-0.15, -0.1) is 0 Å². The third kappa shape index (κ3) is 3.41. The lowest BCUT2D eigenvalue weighted by Gasteiger charge is -2.09. The third-order valence-corrected chi connectivity index (χ3v) is 2.96. The van der Waals surface area contributed by atoms with Gasteiger partial charge in [0.2, 0.25) is 0 Å². The number of aromatic nitrogens is 1. The summed E-state index contributed by atoms with van der Waals surface area (Å²) in [5.41, 5.74) is 1.07. The lowest BCUT2D eigenvalue weighted by Crippen LogP contribution is -2.28. The Morgan fingerprint density at radius 1 is 1.36 bits per heavy atom. The maximum absolute atomic E-state index is 12.2. The number of phenols is 1. The standard InChI is InChI=1S/C16H16N2O4/c1-10(2)16(21)22-9-8-18-15(20)12-5-6-13(19)14-11(12)4-3-7-17-14/h3-7,19H,1,8-9H2,2H3,(H,18,20). The van der Waals surface area contributed by atoms with Crippen LogP contribution in [0, 0.1) is 0 Å². The van der Waals surface area contributed by atoms with Gasteiger partial charge in [-0.3, -0.25) is 9.78 Å². The summed E-state index contributed by atoms with van der Waals surface area (Å²) in [4.78, 5) is 27.4. The van der Waals surface area contributed by atoms with E-state index in [2.05, 4.69) is 16.9 Å². The first kappa shape index (κ1) is 15.5. The predicted octanol–water partition coefficient (Wildman–Crippen LogP) is 1.79. The molecule has 1 aromatic carbocycles. The Hall–Kier alpha value is -2.89. The molecule has 0 spiro atoms. The largest absolute Gasteiger partial charge is 0.506 e. The highest BCUT2D eigenvalue weighted by Gasteiger charge is 2.12. The minimum absolute atomic E-state index is 0.0162. The molecule has 0 radical (unpaired) electrons. The van der Waals surface area contributed by atoms with Crippen LogP contribution >= 0.6 is 0 Å². The van der Waals surface area contributed by atoms with Crippen LogP contribution in [0.5, 0.6) is 5.75 Å². The SMILES string of the molecule is C=C(C)C(=O)OCCNC(=O)c1ccc(O)c2ncccc12. The smallest absolute Gasteiger partial charge is 0.333 e. The first-order chi connectivity index (χ1) is 10.5. The molecule has 0 fully saturated rings. The van der Waals surface area contributed by atoms with Crippen molar-refractivity contribution in [3.8, 4) is 5.75 Å². The average molecular weight is 300 g/mol. The lowest BCUT2D eigenvalue weighted by atomic mass is 10.1. The van der Waals surface area contributed by atoms with Gasteiger partial charge in [0.15, 0.2) is 0 Å². The zero-order valence-electron chi connectivity index (χ0n) is 12.1. The summed E-state index contributed by atoms with van der Waals surface area (Å²) >= 11 is 0. The highest BCUT2D eigenvalue weighted by molar-refractivity contribution is 6.07. The number of pyridine rings is 1. The van der Waals surface area contributed by atoms with E-state index in [-0.39, 0.29) is 24.8 Å². The highest BCUT2D eigenvalue weighted by Crippen LogP contribution is 2.25. The number of hydrogen-bond donors (Lipinski definition) is 2. The Kier molecular flexibility index (Phi) is 4.73. The Morgan fingerprint density at radius 2 is 2.14 bits per heavy atom. The number of nitrogens with one attached hydrogen (secondary N) is 1. The second-order valence-electron chi connectivity index (χ2n) is 4.70. The molecule has 2 N–H and O–H groups in total. The average Bonchev–Trinajstić information content (AvgIpc) is 2.51. The molecular formula is C16H16N2O4. The molecule has 0 saturated carbocycles. The third-order valence-electron chi connectivity index (χ3n) is 2.96. The van der Waals surface area contributed by atoms with Crippen molar-refractivity contribution in [2.24, 2.45) is 0 Å². The van der Waals surface area contributed by atoms with Gasteiger partial charge in [-0.05, 0) is 25.1 Å². The fraction of sp³-hybridized carbons (Fsp3) is 0.188. The normalized spacial score (nSPS) is 10.2. The molecule has 2 aromatic rings. The predicted molar refractivity (Wildman–Crippen MR) is 81.5 cm³/mol. The molecule has 0 aliphatic carbocycles. The number of benzene rings is 1. The molecule has 6 heteroatoms. The van der Waals surface area contributed by atoms with Crippen molar-refractivity contribution in [2.45, 2.75) is 6.92 Å². The Bertz CT molecular complexity index is 740. The molecule has 0 aliphatic heterocycles. The van der Waals surface area contributed by atoms with Crippen molar-refractivity contribution in [1.29, 1.82) is 0 Å². The molecule has 2 rings (SSSR count). The Morgan fingerprint density at radius 3 is 2.86 bits per heavy atom. The second kappa shape index (κ2) is 6.71. The Labute approximate surface area is 127 Å². The van der Waals surface area contributed by atoms with Gasteiger partial charge in [-0.2, -0.15) is 0 Å². The molecule has 1 heterocycles. The zero-order chi connectivity index (χ0) is 16.1. The van der Waals surface area contributed by atoms with E-state index < -0.39 is 5.97 Å². The number of nitrogens with zero attached hydrogens (tertiary/aromatic N) is 1. The zero-order valence-corrected chi connectivity index (χ0v) is 12.1. The molecule has 114 valence electrons. The molecule has 0 atom stereocenters. The van der Waals surface area contributed by atoms with Crippen molar-refractivity contribution < 1.29 is 19.4 Å². The first-order valence-electron chi connectivity index (χ1n) is 6.68. The van der Waals surface area contributed by atoms with Crippen molar-refractivity contribution in [3.63, 3.8) is 0 Å². The summed E-state index contributed by atoms with van der Waals surface area (Å²) in [6.45, 7) is 5.26. The van der Waals surface area contributed by atoms with E-state index in [0.29, 0.717) is 22.0 Å². The van der Waals surface area contributed by atoms with Crippen LogP contribution in [-0.4, -0.2) is 35.1 Å². The number of hydrogen-bond acceptors (Lipinski definition) is 5. The number of carbonyl (C=O) groups excluding carboxylic acids is 2. The van der Waals surface area contributed by atoms with Gasteiger partial charge in [-0.25, -0.2) is 4.79 Å². The first-order valence-corrected chi connectivity index (χ1v) is 6.68. The van der Waals surface area contributed by atoms with E-state index >= 15 is 0 Å². The van der Waals surface area contributed by atoms with Gasteiger partial charge in [0.25, 0.3) is 5.91 Å². The second-order valence-corrected chi connectivity index (χ2v) is 4.70. The van der Waals surface area contributed by atoms with Gasteiger partial charge < -0.3 is 15.2 Å². The van der Waals surface area contributed by atoms with Crippen molar-refractivity contribution in [1.82, 2.24) is 10.3 Å². The van der Waals surface area contributed by atoms with Crippen molar-refractivity contribution in [2.75, 3.05) is 13.2 Å². The van der Waals surface area contributed by atoms with Crippen LogP contribution in [-0.2, 0) is 9.53 Å². The van der Waals surface area contributed by atoms with Crippen molar-refractivity contribution in [3.05, 3.63) is 48.2 Å². The topological polar surface area (TPSA) is 88.5 Å². The molecule has 1 aromatic heterocycles. The summed E-state index contributed by atoms with van der Waals surface area (Å²) in [6.07, 6.45) is 1.54. The van der Waals surface area contributed by atoms with Gasteiger partial charge in [0, 0.05) is 22.7 Å². The van der Waals surface area contributed by atoms with E-state index in [1.807, 2.05) is 0 Å². The minimum atomic E-state index is -0.492. The van der Waals surface area contributed by atoms with Crippen LogP contribution in [0.3, 0.4) is 0 Å². The van der Waals surface area contributed by atoms with Crippen LogP contribution in [0.15, 0.2) is 42.6 Å². The molecule has 0 saturated heterocycles. The molecule has 22 heavy (non-hydrogen) atoms. The highest BCUT2D eigenvalue weighted by atomic mass is 16.5. The van der Waals surface area contributed by atoms with Gasteiger partial charge >= 0.3 is 5.97 Å². The van der Waals surface area contributed by atoms with Crippen molar-refractivity contribution >= 4 is 22.8 Å².